The van der Waals surface area contributed by atoms with Crippen LogP contribution in [0.25, 0.3) is 0 Å². The third-order valence-corrected chi connectivity index (χ3v) is 3.68. The van der Waals surface area contributed by atoms with Crippen molar-refractivity contribution in [2.75, 3.05) is 0 Å². The van der Waals surface area contributed by atoms with Crippen molar-refractivity contribution >= 4 is 5.97 Å². The molecule has 0 spiro atoms. The van der Waals surface area contributed by atoms with Crippen molar-refractivity contribution in [3.8, 4) is 0 Å². The Morgan fingerprint density at radius 2 is 2.19 bits per heavy atom. The molecular weight excluding hydrogens is 266 g/mol. The number of nitrogens with zero attached hydrogens (tertiary/aromatic N) is 3. The summed E-state index contributed by atoms with van der Waals surface area (Å²) in [5.74, 6) is -0.586. The van der Waals surface area contributed by atoms with Crippen molar-refractivity contribution in [1.29, 1.82) is 0 Å². The van der Waals surface area contributed by atoms with Crippen molar-refractivity contribution in [3.05, 3.63) is 46.8 Å². The molecule has 0 aliphatic heterocycles. The Bertz CT molecular complexity index is 634. The summed E-state index contributed by atoms with van der Waals surface area (Å²) < 4.78 is 1.74. The molecule has 0 fully saturated rings. The highest BCUT2D eigenvalue weighted by atomic mass is 16.4. The number of hydrogen-bond donors (Lipinski definition) is 1. The molecule has 0 saturated carbocycles. The summed E-state index contributed by atoms with van der Waals surface area (Å²) in [6, 6.07) is 8.07. The van der Waals surface area contributed by atoms with Gasteiger partial charge in [0.1, 0.15) is 0 Å². The van der Waals surface area contributed by atoms with Crippen LogP contribution in [-0.2, 0) is 13.0 Å². The van der Waals surface area contributed by atoms with Crippen LogP contribution in [0.15, 0.2) is 24.3 Å². The van der Waals surface area contributed by atoms with Crippen LogP contribution in [0.4, 0.5) is 0 Å². The van der Waals surface area contributed by atoms with Gasteiger partial charge in [0.25, 0.3) is 0 Å². The average molecular weight is 287 g/mol. The van der Waals surface area contributed by atoms with Gasteiger partial charge < -0.3 is 5.11 Å². The van der Waals surface area contributed by atoms with Crippen molar-refractivity contribution in [1.82, 2.24) is 15.0 Å². The minimum atomic E-state index is -1.02. The van der Waals surface area contributed by atoms with E-state index in [2.05, 4.69) is 30.2 Å². The second-order valence-corrected chi connectivity index (χ2v) is 5.55. The maximum absolute atomic E-state index is 11.3. The van der Waals surface area contributed by atoms with Gasteiger partial charge in [0.2, 0.25) is 0 Å². The van der Waals surface area contributed by atoms with Crippen molar-refractivity contribution in [2.45, 2.75) is 40.2 Å². The zero-order valence-corrected chi connectivity index (χ0v) is 12.7. The zero-order valence-electron chi connectivity index (χ0n) is 12.7. The van der Waals surface area contributed by atoms with Crippen LogP contribution in [0.3, 0.4) is 0 Å². The Hall–Kier alpha value is -2.17. The minimum absolute atomic E-state index is 0.0554. The first kappa shape index (κ1) is 15.2. The van der Waals surface area contributed by atoms with E-state index in [4.69, 9.17) is 0 Å². The quantitative estimate of drug-likeness (QED) is 0.887. The van der Waals surface area contributed by atoms with Crippen LogP contribution >= 0.6 is 0 Å². The van der Waals surface area contributed by atoms with E-state index >= 15 is 0 Å². The van der Waals surface area contributed by atoms with E-state index in [1.165, 1.54) is 0 Å². The second-order valence-electron chi connectivity index (χ2n) is 5.55. The number of aromatic carboxylic acids is 1. The molecule has 2 rings (SSSR count). The first-order chi connectivity index (χ1) is 10.0. The maximum atomic E-state index is 11.3. The van der Waals surface area contributed by atoms with Crippen LogP contribution in [0.1, 0.15) is 47.6 Å². The lowest BCUT2D eigenvalue weighted by Gasteiger charge is -2.11. The fourth-order valence-electron chi connectivity index (χ4n) is 2.26. The Kier molecular flexibility index (Phi) is 4.73. The van der Waals surface area contributed by atoms with Crippen LogP contribution in [0.5, 0.6) is 0 Å². The molecule has 0 bridgehead atoms. The molecule has 21 heavy (non-hydrogen) atoms. The smallest absolute Gasteiger partial charge is 0.358 e. The third-order valence-electron chi connectivity index (χ3n) is 3.68. The van der Waals surface area contributed by atoms with E-state index in [1.54, 1.807) is 4.68 Å². The van der Waals surface area contributed by atoms with Gasteiger partial charge in [-0.3, -0.25) is 0 Å². The van der Waals surface area contributed by atoms with E-state index in [-0.39, 0.29) is 5.69 Å². The van der Waals surface area contributed by atoms with Gasteiger partial charge in [-0.1, -0.05) is 55.3 Å². The van der Waals surface area contributed by atoms with Gasteiger partial charge in [-0.25, -0.2) is 9.48 Å². The Morgan fingerprint density at radius 3 is 2.81 bits per heavy atom. The Labute approximate surface area is 124 Å². The van der Waals surface area contributed by atoms with Crippen LogP contribution in [-0.4, -0.2) is 26.1 Å². The monoisotopic (exact) mass is 287 g/mol. The van der Waals surface area contributed by atoms with Gasteiger partial charge in [0.05, 0.1) is 5.69 Å². The molecule has 1 N–H and O–H groups in total. The third kappa shape index (κ3) is 3.68. The summed E-state index contributed by atoms with van der Waals surface area (Å²) in [6.45, 7) is 6.95. The van der Waals surface area contributed by atoms with Gasteiger partial charge in [-0.2, -0.15) is 0 Å². The molecule has 0 amide bonds. The number of carbonyl (C=O) groups is 1. The first-order valence-corrected chi connectivity index (χ1v) is 7.22. The molecule has 0 saturated heterocycles. The van der Waals surface area contributed by atoms with Gasteiger partial charge in [0, 0.05) is 13.0 Å². The largest absolute Gasteiger partial charge is 0.476 e. The van der Waals surface area contributed by atoms with E-state index in [0.717, 1.165) is 17.5 Å². The van der Waals surface area contributed by atoms with Gasteiger partial charge in [-0.05, 0) is 18.4 Å². The van der Waals surface area contributed by atoms with E-state index < -0.39 is 5.97 Å². The molecule has 1 atom stereocenters. The number of hydrogen-bond acceptors (Lipinski definition) is 3. The molecule has 0 radical (unpaired) electrons. The van der Waals surface area contributed by atoms with Gasteiger partial charge in [-0.15, -0.1) is 5.10 Å². The summed E-state index contributed by atoms with van der Waals surface area (Å²) in [7, 11) is 0. The molecule has 1 aromatic heterocycles. The van der Waals surface area contributed by atoms with E-state index in [0.29, 0.717) is 24.6 Å². The number of rotatable bonds is 6. The summed E-state index contributed by atoms with van der Waals surface area (Å²) in [6.07, 6.45) is 1.55. The van der Waals surface area contributed by atoms with E-state index in [1.807, 2.05) is 25.1 Å². The molecule has 0 aliphatic carbocycles. The molecule has 5 nitrogen and oxygen atoms in total. The van der Waals surface area contributed by atoms with Crippen LogP contribution < -0.4 is 0 Å². The fraction of sp³-hybridized carbons (Fsp3) is 0.438. The van der Waals surface area contributed by atoms with Crippen molar-refractivity contribution < 1.29 is 9.90 Å². The summed E-state index contributed by atoms with van der Waals surface area (Å²) in [4.78, 5) is 11.3. The number of carboxylic acids is 1. The van der Waals surface area contributed by atoms with Crippen LogP contribution in [0.2, 0.25) is 0 Å². The fourth-order valence-corrected chi connectivity index (χ4v) is 2.26. The maximum Gasteiger partial charge on any atom is 0.358 e. The summed E-state index contributed by atoms with van der Waals surface area (Å²) in [5.41, 5.74) is 2.96. The number of aromatic nitrogens is 3. The minimum Gasteiger partial charge on any atom is -0.476 e. The highest BCUT2D eigenvalue weighted by Gasteiger charge is 2.20. The lowest BCUT2D eigenvalue weighted by molar-refractivity contribution is 0.0689. The molecular formula is C16H21N3O2. The SMILES string of the molecule is CCC(C)Cn1nnc(C(=O)O)c1Cc1cccc(C)c1. The number of carboxylic acid groups (broad SMARTS) is 1. The molecule has 5 heteroatoms. The molecule has 1 unspecified atom stereocenters. The number of aryl methyl sites for hydroxylation is 1. The predicted octanol–water partition coefficient (Wildman–Crippen LogP) is 2.92. The second kappa shape index (κ2) is 6.52. The number of benzene rings is 1. The van der Waals surface area contributed by atoms with E-state index in [9.17, 15) is 9.90 Å². The Morgan fingerprint density at radius 1 is 1.43 bits per heavy atom. The molecule has 112 valence electrons. The summed E-state index contributed by atoms with van der Waals surface area (Å²) >= 11 is 0. The molecule has 1 aromatic carbocycles. The lowest BCUT2D eigenvalue weighted by atomic mass is 10.0. The first-order valence-electron chi connectivity index (χ1n) is 7.22. The average Bonchev–Trinajstić information content (AvgIpc) is 2.82. The van der Waals surface area contributed by atoms with Gasteiger partial charge in [0.15, 0.2) is 5.69 Å². The normalized spacial score (nSPS) is 12.3. The topological polar surface area (TPSA) is 68.0 Å². The molecule has 0 aliphatic rings. The van der Waals surface area contributed by atoms with Crippen molar-refractivity contribution in [2.24, 2.45) is 5.92 Å². The van der Waals surface area contributed by atoms with Crippen LogP contribution in [0, 0.1) is 12.8 Å². The predicted molar refractivity (Wildman–Crippen MR) is 80.4 cm³/mol. The molecule has 2 aromatic rings. The highest BCUT2D eigenvalue weighted by Crippen LogP contribution is 2.16. The Balaban J connectivity index is 2.34. The lowest BCUT2D eigenvalue weighted by Crippen LogP contribution is -2.13. The molecule has 1 heterocycles. The zero-order chi connectivity index (χ0) is 15.4. The van der Waals surface area contributed by atoms with Gasteiger partial charge >= 0.3 is 5.97 Å². The van der Waals surface area contributed by atoms with Crippen molar-refractivity contribution in [3.63, 3.8) is 0 Å². The standard InChI is InChI=1S/C16H21N3O2/c1-4-11(2)10-19-14(15(16(20)21)17-18-19)9-13-7-5-6-12(3)8-13/h5-8,11H,4,9-10H2,1-3H3,(H,20,21). The summed E-state index contributed by atoms with van der Waals surface area (Å²) in [5, 5.41) is 17.2. The highest BCUT2D eigenvalue weighted by molar-refractivity contribution is 5.86.